The van der Waals surface area contributed by atoms with Crippen LogP contribution in [0.15, 0.2) is 4.52 Å². The third-order valence-electron chi connectivity index (χ3n) is 2.08. The zero-order valence-electron chi connectivity index (χ0n) is 8.73. The zero-order chi connectivity index (χ0) is 10.6. The van der Waals surface area contributed by atoms with Crippen LogP contribution in [0.3, 0.4) is 0 Å². The summed E-state index contributed by atoms with van der Waals surface area (Å²) in [6, 6.07) is 0. The zero-order valence-corrected chi connectivity index (χ0v) is 8.73. The molecule has 80 valence electrons. The summed E-state index contributed by atoms with van der Waals surface area (Å²) in [7, 11) is 1.58. The number of hydrogen-bond acceptors (Lipinski definition) is 5. The lowest BCUT2D eigenvalue weighted by Gasteiger charge is -2.02. The smallest absolute Gasteiger partial charge is 0.229 e. The molecule has 0 saturated carbocycles. The molecule has 14 heavy (non-hydrogen) atoms. The monoisotopic (exact) mass is 200 g/mol. The van der Waals surface area contributed by atoms with Crippen molar-refractivity contribution in [3.63, 3.8) is 0 Å². The second-order valence-electron chi connectivity index (χ2n) is 3.19. The van der Waals surface area contributed by atoms with E-state index in [2.05, 4.69) is 10.1 Å². The van der Waals surface area contributed by atoms with Crippen molar-refractivity contribution in [1.82, 2.24) is 10.1 Å². The summed E-state index contributed by atoms with van der Waals surface area (Å²) in [5.74, 6) is 0.976. The highest BCUT2D eigenvalue weighted by Crippen LogP contribution is 2.12. The van der Waals surface area contributed by atoms with E-state index >= 15 is 0 Å². The van der Waals surface area contributed by atoms with Gasteiger partial charge in [-0.1, -0.05) is 12.1 Å². The van der Waals surface area contributed by atoms with Gasteiger partial charge in [0, 0.05) is 7.11 Å². The molecule has 0 bridgehead atoms. The number of aliphatic hydroxyl groups excluding tert-OH is 1. The first kappa shape index (κ1) is 11.1. The van der Waals surface area contributed by atoms with Crippen LogP contribution in [0.2, 0.25) is 0 Å². The standard InChI is InChI=1S/C9H16N2O3/c1-4-7(12)5-8-10-9(11-14-8)6(2)13-3/h6-7,12H,4-5H2,1-3H3. The van der Waals surface area contributed by atoms with Crippen molar-refractivity contribution in [2.24, 2.45) is 0 Å². The molecular formula is C9H16N2O3. The predicted molar refractivity (Wildman–Crippen MR) is 49.7 cm³/mol. The Kier molecular flexibility index (Phi) is 4.03. The maximum absolute atomic E-state index is 9.36. The largest absolute Gasteiger partial charge is 0.393 e. The lowest BCUT2D eigenvalue weighted by molar-refractivity contribution is 0.109. The fourth-order valence-electron chi connectivity index (χ4n) is 0.967. The second-order valence-corrected chi connectivity index (χ2v) is 3.19. The Labute approximate surface area is 83.1 Å². The highest BCUT2D eigenvalue weighted by atomic mass is 16.5. The van der Waals surface area contributed by atoms with Gasteiger partial charge in [-0.15, -0.1) is 0 Å². The van der Waals surface area contributed by atoms with Gasteiger partial charge in [0.05, 0.1) is 12.5 Å². The third kappa shape index (κ3) is 2.78. The summed E-state index contributed by atoms with van der Waals surface area (Å²) in [6.45, 7) is 3.74. The van der Waals surface area contributed by atoms with E-state index in [0.29, 0.717) is 24.6 Å². The number of nitrogens with zero attached hydrogens (tertiary/aromatic N) is 2. The molecule has 0 fully saturated rings. The Morgan fingerprint density at radius 2 is 2.29 bits per heavy atom. The molecular weight excluding hydrogens is 184 g/mol. The summed E-state index contributed by atoms with van der Waals surface area (Å²) in [4.78, 5) is 4.11. The Morgan fingerprint density at radius 3 is 2.86 bits per heavy atom. The molecule has 0 aliphatic rings. The maximum atomic E-state index is 9.36. The van der Waals surface area contributed by atoms with Gasteiger partial charge >= 0.3 is 0 Å². The van der Waals surface area contributed by atoms with Crippen molar-refractivity contribution in [1.29, 1.82) is 0 Å². The van der Waals surface area contributed by atoms with E-state index in [-0.39, 0.29) is 6.10 Å². The molecule has 0 radical (unpaired) electrons. The van der Waals surface area contributed by atoms with Crippen molar-refractivity contribution in [3.05, 3.63) is 11.7 Å². The van der Waals surface area contributed by atoms with Crippen molar-refractivity contribution in [3.8, 4) is 0 Å². The van der Waals surface area contributed by atoms with Gasteiger partial charge in [-0.3, -0.25) is 0 Å². The average Bonchev–Trinajstić information content (AvgIpc) is 2.65. The molecule has 5 nitrogen and oxygen atoms in total. The van der Waals surface area contributed by atoms with E-state index in [1.54, 1.807) is 7.11 Å². The highest BCUT2D eigenvalue weighted by molar-refractivity contribution is 4.90. The molecule has 0 aliphatic heterocycles. The predicted octanol–water partition coefficient (Wildman–Crippen LogP) is 1.09. The van der Waals surface area contributed by atoms with Crippen LogP contribution in [0.25, 0.3) is 0 Å². The summed E-state index contributed by atoms with van der Waals surface area (Å²) >= 11 is 0. The number of rotatable bonds is 5. The average molecular weight is 200 g/mol. The Hall–Kier alpha value is -0.940. The first-order valence-corrected chi connectivity index (χ1v) is 4.70. The normalized spacial score (nSPS) is 15.4. The molecule has 0 spiro atoms. The van der Waals surface area contributed by atoms with Crippen molar-refractivity contribution >= 4 is 0 Å². The van der Waals surface area contributed by atoms with Crippen LogP contribution in [0.1, 0.15) is 38.1 Å². The molecule has 0 aliphatic carbocycles. The van der Waals surface area contributed by atoms with E-state index in [9.17, 15) is 5.11 Å². The molecule has 1 rings (SSSR count). The van der Waals surface area contributed by atoms with Gasteiger partial charge in [0.1, 0.15) is 6.10 Å². The molecule has 1 N–H and O–H groups in total. The van der Waals surface area contributed by atoms with Crippen LogP contribution in [0.4, 0.5) is 0 Å². The SMILES string of the molecule is CCC(O)Cc1nc(C(C)OC)no1. The first-order valence-electron chi connectivity index (χ1n) is 4.70. The van der Waals surface area contributed by atoms with Gasteiger partial charge in [-0.05, 0) is 13.3 Å². The molecule has 0 aromatic carbocycles. The molecule has 0 saturated heterocycles. The van der Waals surface area contributed by atoms with Crippen LogP contribution in [-0.4, -0.2) is 28.5 Å². The van der Waals surface area contributed by atoms with E-state index in [4.69, 9.17) is 9.26 Å². The quantitative estimate of drug-likeness (QED) is 0.770. The maximum Gasteiger partial charge on any atom is 0.229 e. The van der Waals surface area contributed by atoms with E-state index in [1.165, 1.54) is 0 Å². The fourth-order valence-corrected chi connectivity index (χ4v) is 0.967. The summed E-state index contributed by atoms with van der Waals surface area (Å²) in [5.41, 5.74) is 0. The Balaban J connectivity index is 2.59. The van der Waals surface area contributed by atoms with Gasteiger partial charge in [0.2, 0.25) is 5.89 Å². The molecule has 2 atom stereocenters. The number of ether oxygens (including phenoxy) is 1. The van der Waals surface area contributed by atoms with Crippen LogP contribution >= 0.6 is 0 Å². The second kappa shape index (κ2) is 5.07. The molecule has 5 heteroatoms. The third-order valence-corrected chi connectivity index (χ3v) is 2.08. The lowest BCUT2D eigenvalue weighted by Crippen LogP contribution is -2.08. The Bertz CT molecular complexity index is 275. The topological polar surface area (TPSA) is 68.4 Å². The van der Waals surface area contributed by atoms with Crippen LogP contribution < -0.4 is 0 Å². The van der Waals surface area contributed by atoms with Crippen LogP contribution in [0, 0.1) is 0 Å². The van der Waals surface area contributed by atoms with E-state index in [0.717, 1.165) is 0 Å². The fraction of sp³-hybridized carbons (Fsp3) is 0.778. The van der Waals surface area contributed by atoms with Gasteiger partial charge in [0.25, 0.3) is 0 Å². The molecule has 1 aromatic rings. The number of hydrogen-bond donors (Lipinski definition) is 1. The number of aromatic nitrogens is 2. The molecule has 1 heterocycles. The van der Waals surface area contributed by atoms with Gasteiger partial charge in [0.15, 0.2) is 5.82 Å². The minimum absolute atomic E-state index is 0.175. The van der Waals surface area contributed by atoms with Crippen LogP contribution in [0.5, 0.6) is 0 Å². The Morgan fingerprint density at radius 1 is 1.57 bits per heavy atom. The van der Waals surface area contributed by atoms with Crippen molar-refractivity contribution < 1.29 is 14.4 Å². The lowest BCUT2D eigenvalue weighted by atomic mass is 10.2. The first-order chi connectivity index (χ1) is 6.67. The van der Waals surface area contributed by atoms with E-state index < -0.39 is 6.10 Å². The molecule has 2 unspecified atom stereocenters. The summed E-state index contributed by atoms with van der Waals surface area (Å²) < 4.78 is 9.99. The van der Waals surface area contributed by atoms with Crippen LogP contribution in [-0.2, 0) is 11.2 Å². The van der Waals surface area contributed by atoms with Gasteiger partial charge < -0.3 is 14.4 Å². The number of methoxy groups -OCH3 is 1. The van der Waals surface area contributed by atoms with Crippen molar-refractivity contribution in [2.45, 2.75) is 38.9 Å². The minimum atomic E-state index is -0.416. The van der Waals surface area contributed by atoms with Gasteiger partial charge in [-0.2, -0.15) is 4.98 Å². The summed E-state index contributed by atoms with van der Waals surface area (Å²) in [5, 5.41) is 13.1. The van der Waals surface area contributed by atoms with Gasteiger partial charge in [-0.25, -0.2) is 0 Å². The minimum Gasteiger partial charge on any atom is -0.393 e. The summed E-state index contributed by atoms with van der Waals surface area (Å²) in [6.07, 6.45) is 0.490. The number of aliphatic hydroxyl groups is 1. The molecule has 0 amide bonds. The molecule has 1 aromatic heterocycles. The van der Waals surface area contributed by atoms with E-state index in [1.807, 2.05) is 13.8 Å². The highest BCUT2D eigenvalue weighted by Gasteiger charge is 2.14. The van der Waals surface area contributed by atoms with Crippen molar-refractivity contribution in [2.75, 3.05) is 7.11 Å².